The molecule has 0 aliphatic heterocycles. The van der Waals surface area contributed by atoms with E-state index >= 15 is 0 Å². The Hall–Kier alpha value is -1.18. The number of sulfonamides is 1. The van der Waals surface area contributed by atoms with Crippen LogP contribution >= 0.6 is 0 Å². The van der Waals surface area contributed by atoms with Crippen molar-refractivity contribution in [2.45, 2.75) is 24.8 Å². The van der Waals surface area contributed by atoms with Crippen molar-refractivity contribution in [1.82, 2.24) is 4.72 Å². The normalized spacial score (nSPS) is 13.6. The van der Waals surface area contributed by atoms with Crippen LogP contribution < -0.4 is 10.5 Å². The number of anilines is 1. The summed E-state index contributed by atoms with van der Waals surface area (Å²) in [4.78, 5) is -0.0864. The monoisotopic (exact) mass is 262 g/mol. The number of hydrogen-bond donors (Lipinski definition) is 3. The standard InChI is InChI=1S/C10H15FN2O3S/c1-6-3-8(11)9(12)4-10(6)17(15,16)13-7(2)5-14/h3-4,7,13-14H,5,12H2,1-2H3/t7-/m1/s1. The van der Waals surface area contributed by atoms with Gasteiger partial charge in [-0.1, -0.05) is 0 Å². The summed E-state index contributed by atoms with van der Waals surface area (Å²) in [6.07, 6.45) is 0. The van der Waals surface area contributed by atoms with Gasteiger partial charge in [-0.15, -0.1) is 0 Å². The zero-order valence-electron chi connectivity index (χ0n) is 9.57. The summed E-state index contributed by atoms with van der Waals surface area (Å²) in [6.45, 7) is 2.66. The Morgan fingerprint density at radius 3 is 2.65 bits per heavy atom. The average molecular weight is 262 g/mol. The molecule has 96 valence electrons. The van der Waals surface area contributed by atoms with Crippen molar-refractivity contribution in [1.29, 1.82) is 0 Å². The Bertz CT molecular complexity index is 517. The second-order valence-corrected chi connectivity index (χ2v) is 5.53. The highest BCUT2D eigenvalue weighted by molar-refractivity contribution is 7.89. The van der Waals surface area contributed by atoms with E-state index in [1.165, 1.54) is 13.8 Å². The van der Waals surface area contributed by atoms with E-state index in [1.54, 1.807) is 0 Å². The molecule has 0 radical (unpaired) electrons. The van der Waals surface area contributed by atoms with Crippen molar-refractivity contribution in [2.24, 2.45) is 0 Å². The Kier molecular flexibility index (Phi) is 4.07. The van der Waals surface area contributed by atoms with E-state index in [4.69, 9.17) is 10.8 Å². The number of aliphatic hydroxyl groups excluding tert-OH is 1. The maximum atomic E-state index is 13.1. The molecule has 0 fully saturated rings. The van der Waals surface area contributed by atoms with Gasteiger partial charge in [0.25, 0.3) is 0 Å². The molecule has 1 atom stereocenters. The second-order valence-electron chi connectivity index (χ2n) is 3.84. The molecule has 17 heavy (non-hydrogen) atoms. The average Bonchev–Trinajstić information content (AvgIpc) is 2.22. The first kappa shape index (κ1) is 13.9. The third-order valence-electron chi connectivity index (χ3n) is 2.21. The summed E-state index contributed by atoms with van der Waals surface area (Å²) in [5, 5.41) is 8.80. The lowest BCUT2D eigenvalue weighted by molar-refractivity contribution is 0.265. The van der Waals surface area contributed by atoms with Crippen LogP contribution in [0.3, 0.4) is 0 Å². The summed E-state index contributed by atoms with van der Waals surface area (Å²) in [5.74, 6) is -0.656. The van der Waals surface area contributed by atoms with Crippen LogP contribution in [0.5, 0.6) is 0 Å². The molecule has 4 N–H and O–H groups in total. The van der Waals surface area contributed by atoms with Gasteiger partial charge in [-0.3, -0.25) is 0 Å². The van der Waals surface area contributed by atoms with E-state index in [2.05, 4.69) is 4.72 Å². The third-order valence-corrected chi connectivity index (χ3v) is 3.95. The molecule has 0 aromatic heterocycles. The first-order valence-electron chi connectivity index (χ1n) is 4.96. The Morgan fingerprint density at radius 1 is 1.53 bits per heavy atom. The van der Waals surface area contributed by atoms with Crippen LogP contribution in [0.15, 0.2) is 17.0 Å². The highest BCUT2D eigenvalue weighted by Gasteiger charge is 2.20. The molecule has 5 nitrogen and oxygen atoms in total. The van der Waals surface area contributed by atoms with Gasteiger partial charge in [-0.2, -0.15) is 0 Å². The van der Waals surface area contributed by atoms with Gasteiger partial charge in [0.1, 0.15) is 5.82 Å². The summed E-state index contributed by atoms with van der Waals surface area (Å²) in [5.41, 5.74) is 5.36. The molecule has 1 aromatic carbocycles. The van der Waals surface area contributed by atoms with Gasteiger partial charge in [0.2, 0.25) is 10.0 Å². The third kappa shape index (κ3) is 3.15. The van der Waals surface area contributed by atoms with Crippen LogP contribution in [-0.2, 0) is 10.0 Å². The Balaban J connectivity index is 3.20. The van der Waals surface area contributed by atoms with E-state index in [1.807, 2.05) is 0 Å². The number of nitrogens with two attached hydrogens (primary N) is 1. The lowest BCUT2D eigenvalue weighted by Gasteiger charge is -2.14. The summed E-state index contributed by atoms with van der Waals surface area (Å²) in [6, 6.07) is 1.51. The number of benzene rings is 1. The maximum Gasteiger partial charge on any atom is 0.241 e. The lowest BCUT2D eigenvalue weighted by Crippen LogP contribution is -2.35. The van der Waals surface area contributed by atoms with E-state index in [0.717, 1.165) is 12.1 Å². The van der Waals surface area contributed by atoms with E-state index in [0.29, 0.717) is 0 Å². The van der Waals surface area contributed by atoms with Crippen LogP contribution in [0, 0.1) is 12.7 Å². The maximum absolute atomic E-state index is 13.1. The molecule has 0 heterocycles. The number of nitrogen functional groups attached to an aromatic ring is 1. The van der Waals surface area contributed by atoms with Crippen LogP contribution in [0.4, 0.5) is 10.1 Å². The zero-order valence-corrected chi connectivity index (χ0v) is 10.4. The summed E-state index contributed by atoms with van der Waals surface area (Å²) in [7, 11) is -3.80. The molecule has 0 bridgehead atoms. The van der Waals surface area contributed by atoms with Crippen LogP contribution in [0.2, 0.25) is 0 Å². The van der Waals surface area contributed by atoms with Crippen molar-refractivity contribution < 1.29 is 17.9 Å². The minimum absolute atomic E-state index is 0.0864. The van der Waals surface area contributed by atoms with Crippen LogP contribution in [0.25, 0.3) is 0 Å². The minimum atomic E-state index is -3.80. The predicted molar refractivity (Wildman–Crippen MR) is 62.4 cm³/mol. The first-order chi connectivity index (χ1) is 7.77. The highest BCUT2D eigenvalue weighted by atomic mass is 32.2. The number of nitrogens with one attached hydrogen (secondary N) is 1. The number of rotatable bonds is 4. The quantitative estimate of drug-likeness (QED) is 0.684. The van der Waals surface area contributed by atoms with Crippen molar-refractivity contribution in [3.63, 3.8) is 0 Å². The van der Waals surface area contributed by atoms with Crippen molar-refractivity contribution in [3.8, 4) is 0 Å². The first-order valence-corrected chi connectivity index (χ1v) is 6.45. The molecular formula is C10H15FN2O3S. The van der Waals surface area contributed by atoms with E-state index < -0.39 is 21.9 Å². The van der Waals surface area contributed by atoms with Gasteiger partial charge in [0.05, 0.1) is 17.2 Å². The minimum Gasteiger partial charge on any atom is -0.396 e. The number of aryl methyl sites for hydroxylation is 1. The molecule has 1 aromatic rings. The van der Waals surface area contributed by atoms with Gasteiger partial charge >= 0.3 is 0 Å². The number of halogens is 1. The molecule has 1 rings (SSSR count). The summed E-state index contributed by atoms with van der Waals surface area (Å²) >= 11 is 0. The molecule has 0 unspecified atom stereocenters. The molecule has 0 saturated heterocycles. The van der Waals surface area contributed by atoms with Gasteiger partial charge in [-0.05, 0) is 31.5 Å². The van der Waals surface area contributed by atoms with E-state index in [9.17, 15) is 12.8 Å². The molecule has 0 aliphatic carbocycles. The van der Waals surface area contributed by atoms with Crippen LogP contribution in [-0.4, -0.2) is 26.2 Å². The predicted octanol–water partition coefficient (Wildman–Crippen LogP) is 0.375. The molecular weight excluding hydrogens is 247 g/mol. The molecule has 0 amide bonds. The fraction of sp³-hybridized carbons (Fsp3) is 0.400. The van der Waals surface area contributed by atoms with Gasteiger partial charge in [0.15, 0.2) is 0 Å². The topological polar surface area (TPSA) is 92.4 Å². The largest absolute Gasteiger partial charge is 0.396 e. The second kappa shape index (κ2) is 4.99. The summed E-state index contributed by atoms with van der Waals surface area (Å²) < 4.78 is 39.1. The van der Waals surface area contributed by atoms with Crippen molar-refractivity contribution >= 4 is 15.7 Å². The Morgan fingerprint density at radius 2 is 2.12 bits per heavy atom. The fourth-order valence-electron chi connectivity index (χ4n) is 1.32. The van der Waals surface area contributed by atoms with Gasteiger partial charge < -0.3 is 10.8 Å². The number of hydrogen-bond acceptors (Lipinski definition) is 4. The highest BCUT2D eigenvalue weighted by Crippen LogP contribution is 2.21. The van der Waals surface area contributed by atoms with E-state index in [-0.39, 0.29) is 22.8 Å². The molecule has 0 saturated carbocycles. The SMILES string of the molecule is Cc1cc(F)c(N)cc1S(=O)(=O)N[C@H](C)CO. The Labute approximate surface area is 99.5 Å². The fourth-order valence-corrected chi connectivity index (χ4v) is 2.82. The molecule has 0 aliphatic rings. The van der Waals surface area contributed by atoms with Crippen molar-refractivity contribution in [3.05, 3.63) is 23.5 Å². The van der Waals surface area contributed by atoms with Gasteiger partial charge in [-0.25, -0.2) is 17.5 Å². The zero-order chi connectivity index (χ0) is 13.2. The van der Waals surface area contributed by atoms with Crippen LogP contribution in [0.1, 0.15) is 12.5 Å². The number of aliphatic hydroxyl groups is 1. The van der Waals surface area contributed by atoms with Crippen molar-refractivity contribution in [2.75, 3.05) is 12.3 Å². The smallest absolute Gasteiger partial charge is 0.241 e. The van der Waals surface area contributed by atoms with Gasteiger partial charge in [0, 0.05) is 6.04 Å². The molecule has 7 heteroatoms. The molecule has 0 spiro atoms. The lowest BCUT2D eigenvalue weighted by atomic mass is 10.2.